The van der Waals surface area contributed by atoms with E-state index in [2.05, 4.69) is 36.2 Å². The Morgan fingerprint density at radius 3 is 2.75 bits per heavy atom. The first-order chi connectivity index (χ1) is 15.5. The zero-order valence-electron chi connectivity index (χ0n) is 18.1. The fourth-order valence-corrected chi connectivity index (χ4v) is 3.47. The number of para-hydroxylation sites is 1. The van der Waals surface area contributed by atoms with Crippen LogP contribution in [0, 0.1) is 0 Å². The molecule has 0 aliphatic heterocycles. The number of nitrogens with zero attached hydrogens (tertiary/aromatic N) is 5. The number of nitrogens with two attached hydrogens (primary N) is 1. The molecule has 11 heteroatoms. The number of nitrogens with one attached hydrogen (secondary N) is 3. The lowest BCUT2D eigenvalue weighted by molar-refractivity contribution is 0.0995. The van der Waals surface area contributed by atoms with Crippen molar-refractivity contribution < 1.29 is 9.53 Å². The van der Waals surface area contributed by atoms with Crippen LogP contribution >= 0.6 is 0 Å². The molecule has 3 aromatic rings. The van der Waals surface area contributed by atoms with Crippen LogP contribution in [-0.2, 0) is 7.05 Å². The van der Waals surface area contributed by atoms with Gasteiger partial charge in [0.2, 0.25) is 0 Å². The van der Waals surface area contributed by atoms with E-state index in [1.54, 1.807) is 31.2 Å². The maximum Gasteiger partial charge on any atom is 0.271 e. The Kier molecular flexibility index (Phi) is 6.45. The highest BCUT2D eigenvalue weighted by Crippen LogP contribution is 2.37. The number of amides is 1. The van der Waals surface area contributed by atoms with E-state index in [1.807, 2.05) is 18.2 Å². The van der Waals surface area contributed by atoms with Crippen molar-refractivity contribution in [1.29, 1.82) is 0 Å². The summed E-state index contributed by atoms with van der Waals surface area (Å²) in [6, 6.07) is 7.86. The molecule has 1 amide bonds. The number of primary amides is 1. The van der Waals surface area contributed by atoms with E-state index in [0.717, 1.165) is 6.54 Å². The second-order valence-corrected chi connectivity index (χ2v) is 7.62. The number of methoxy groups -OCH3 is 1. The van der Waals surface area contributed by atoms with Gasteiger partial charge in [0.1, 0.15) is 6.33 Å². The summed E-state index contributed by atoms with van der Waals surface area (Å²) in [4.78, 5) is 16.2. The van der Waals surface area contributed by atoms with E-state index in [4.69, 9.17) is 10.5 Å². The van der Waals surface area contributed by atoms with Crippen LogP contribution in [0.4, 0.5) is 17.2 Å². The summed E-state index contributed by atoms with van der Waals surface area (Å²) in [5.74, 6) is 0.913. The maximum absolute atomic E-state index is 11.9. The molecular formula is C21H27N9O2. The number of ether oxygens (including phenoxy) is 1. The molecule has 0 unspecified atom stereocenters. The fourth-order valence-electron chi connectivity index (χ4n) is 3.47. The van der Waals surface area contributed by atoms with Crippen LogP contribution in [-0.4, -0.2) is 57.1 Å². The van der Waals surface area contributed by atoms with Gasteiger partial charge in [0.15, 0.2) is 23.1 Å². The van der Waals surface area contributed by atoms with Gasteiger partial charge in [-0.15, -0.1) is 10.2 Å². The van der Waals surface area contributed by atoms with Crippen molar-refractivity contribution in [3.05, 3.63) is 36.3 Å². The number of benzene rings is 1. The molecule has 1 aromatic carbocycles. The van der Waals surface area contributed by atoms with Crippen molar-refractivity contribution >= 4 is 23.1 Å². The minimum Gasteiger partial charge on any atom is -0.494 e. The average molecular weight is 438 g/mol. The van der Waals surface area contributed by atoms with Gasteiger partial charge in [-0.05, 0) is 25.0 Å². The minimum absolute atomic E-state index is 0.0339. The Bertz CT molecular complexity index is 1090. The van der Waals surface area contributed by atoms with E-state index in [-0.39, 0.29) is 5.69 Å². The molecule has 2 heterocycles. The largest absolute Gasteiger partial charge is 0.494 e. The molecule has 1 saturated carbocycles. The number of aromatic nitrogens is 5. The summed E-state index contributed by atoms with van der Waals surface area (Å²) >= 11 is 0. The Morgan fingerprint density at radius 2 is 2.09 bits per heavy atom. The van der Waals surface area contributed by atoms with Crippen LogP contribution in [0.3, 0.4) is 0 Å². The second kappa shape index (κ2) is 9.60. The molecule has 11 nitrogen and oxygen atoms in total. The van der Waals surface area contributed by atoms with Crippen molar-refractivity contribution in [3.63, 3.8) is 0 Å². The summed E-state index contributed by atoms with van der Waals surface area (Å²) in [6.45, 7) is 1.50. The summed E-state index contributed by atoms with van der Waals surface area (Å²) < 4.78 is 7.25. The summed E-state index contributed by atoms with van der Waals surface area (Å²) in [6.07, 6.45) is 5.37. The Labute approximate surface area is 185 Å². The van der Waals surface area contributed by atoms with E-state index < -0.39 is 5.91 Å². The van der Waals surface area contributed by atoms with Gasteiger partial charge in [0.05, 0.1) is 24.0 Å². The number of hydrogen-bond acceptors (Lipinski definition) is 9. The molecule has 1 fully saturated rings. The van der Waals surface area contributed by atoms with Crippen molar-refractivity contribution in [2.24, 2.45) is 12.8 Å². The van der Waals surface area contributed by atoms with E-state index >= 15 is 0 Å². The van der Waals surface area contributed by atoms with Crippen molar-refractivity contribution in [3.8, 4) is 17.1 Å². The van der Waals surface area contributed by atoms with Crippen LogP contribution in [0.25, 0.3) is 11.4 Å². The summed E-state index contributed by atoms with van der Waals surface area (Å²) in [5, 5.41) is 22.4. The first-order valence-corrected chi connectivity index (χ1v) is 10.5. The van der Waals surface area contributed by atoms with Crippen LogP contribution in [0.1, 0.15) is 29.8 Å². The average Bonchev–Trinajstić information content (AvgIpc) is 3.18. The predicted octanol–water partition coefficient (Wildman–Crippen LogP) is 1.68. The molecule has 0 bridgehead atoms. The third kappa shape index (κ3) is 4.78. The van der Waals surface area contributed by atoms with Crippen molar-refractivity contribution in [2.75, 3.05) is 30.8 Å². The number of carbonyl (C=O) groups is 1. The summed E-state index contributed by atoms with van der Waals surface area (Å²) in [5.41, 5.74) is 7.31. The summed E-state index contributed by atoms with van der Waals surface area (Å²) in [7, 11) is 3.36. The lowest BCUT2D eigenvalue weighted by Gasteiger charge is -2.26. The smallest absolute Gasteiger partial charge is 0.271 e. The van der Waals surface area contributed by atoms with Crippen LogP contribution in [0.5, 0.6) is 5.75 Å². The molecule has 0 saturated heterocycles. The first kappa shape index (κ1) is 21.5. The minimum atomic E-state index is -0.681. The molecule has 32 heavy (non-hydrogen) atoms. The van der Waals surface area contributed by atoms with E-state index in [9.17, 15) is 4.79 Å². The highest BCUT2D eigenvalue weighted by Gasteiger charge is 2.19. The highest BCUT2D eigenvalue weighted by molar-refractivity contribution is 5.97. The fraction of sp³-hybridized carbons (Fsp3) is 0.381. The normalized spacial score (nSPS) is 13.4. The second-order valence-electron chi connectivity index (χ2n) is 7.62. The highest BCUT2D eigenvalue weighted by atomic mass is 16.5. The molecule has 0 atom stereocenters. The van der Waals surface area contributed by atoms with Crippen molar-refractivity contribution in [1.82, 2.24) is 30.3 Å². The quantitative estimate of drug-likeness (QED) is 0.348. The number of aryl methyl sites for hydroxylation is 1. The third-order valence-electron chi connectivity index (χ3n) is 5.33. The van der Waals surface area contributed by atoms with Gasteiger partial charge in [-0.2, -0.15) is 5.10 Å². The number of hydrogen-bond donors (Lipinski definition) is 4. The van der Waals surface area contributed by atoms with Gasteiger partial charge in [-0.3, -0.25) is 9.48 Å². The van der Waals surface area contributed by atoms with Gasteiger partial charge in [0, 0.05) is 32.2 Å². The lowest BCUT2D eigenvalue weighted by atomic mass is 9.93. The number of anilines is 3. The Balaban J connectivity index is 1.56. The molecule has 4 rings (SSSR count). The van der Waals surface area contributed by atoms with E-state index in [1.165, 1.54) is 19.3 Å². The Morgan fingerprint density at radius 1 is 1.25 bits per heavy atom. The lowest BCUT2D eigenvalue weighted by Crippen LogP contribution is -2.37. The Hall–Kier alpha value is -3.73. The van der Waals surface area contributed by atoms with Crippen LogP contribution in [0.15, 0.2) is 30.6 Å². The topological polar surface area (TPSA) is 145 Å². The molecule has 1 aliphatic rings. The number of carbonyl (C=O) groups excluding carboxylic acids is 1. The van der Waals surface area contributed by atoms with Gasteiger partial charge < -0.3 is 26.4 Å². The zero-order valence-corrected chi connectivity index (χ0v) is 18.1. The molecular weight excluding hydrogens is 410 g/mol. The molecule has 5 N–H and O–H groups in total. The predicted molar refractivity (Wildman–Crippen MR) is 121 cm³/mol. The van der Waals surface area contributed by atoms with Gasteiger partial charge in [0.25, 0.3) is 5.91 Å². The van der Waals surface area contributed by atoms with Gasteiger partial charge in [-0.25, -0.2) is 4.98 Å². The van der Waals surface area contributed by atoms with Crippen LogP contribution < -0.4 is 26.4 Å². The van der Waals surface area contributed by atoms with Gasteiger partial charge >= 0.3 is 0 Å². The molecule has 168 valence electrons. The number of rotatable bonds is 10. The third-order valence-corrected chi connectivity index (χ3v) is 5.33. The standard InChI is InChI=1S/C21H27N9O2/c1-30-12-25-21(29-30)14-7-4-8-15(19(14)32-2)26-16-11-17(27-28-18(16)20(22)31)24-10-9-23-13-5-3-6-13/h4,7-8,11-13,23H,3,5-6,9-10H2,1-2H3,(H2,22,31)(H2,24,26,27). The molecule has 2 aromatic heterocycles. The van der Waals surface area contributed by atoms with Crippen LogP contribution in [0.2, 0.25) is 0 Å². The molecule has 0 spiro atoms. The zero-order chi connectivity index (χ0) is 22.5. The van der Waals surface area contributed by atoms with Gasteiger partial charge in [-0.1, -0.05) is 12.5 Å². The first-order valence-electron chi connectivity index (χ1n) is 10.5. The SMILES string of the molecule is COc1c(Nc2cc(NCCNC3CCC3)nnc2C(N)=O)cccc1-c1ncn(C)n1. The molecule has 1 aliphatic carbocycles. The van der Waals surface area contributed by atoms with Crippen molar-refractivity contribution in [2.45, 2.75) is 25.3 Å². The maximum atomic E-state index is 11.9. The molecule has 0 radical (unpaired) electrons. The van der Waals surface area contributed by atoms with E-state index in [0.29, 0.717) is 46.9 Å². The monoisotopic (exact) mass is 437 g/mol.